The van der Waals surface area contributed by atoms with Gasteiger partial charge in [0.25, 0.3) is 0 Å². The molecule has 0 bridgehead atoms. The van der Waals surface area contributed by atoms with Gasteiger partial charge in [-0.15, -0.1) is 0 Å². The molecule has 2 aromatic heterocycles. The van der Waals surface area contributed by atoms with Crippen LogP contribution in [-0.4, -0.2) is 57.8 Å². The van der Waals surface area contributed by atoms with E-state index in [9.17, 15) is 5.11 Å². The number of rotatable bonds is 6. The van der Waals surface area contributed by atoms with E-state index in [2.05, 4.69) is 31.2 Å². The highest BCUT2D eigenvalue weighted by atomic mass is 16.5. The van der Waals surface area contributed by atoms with Gasteiger partial charge in [0.1, 0.15) is 12.4 Å². The van der Waals surface area contributed by atoms with Crippen LogP contribution in [0.3, 0.4) is 0 Å². The van der Waals surface area contributed by atoms with Crippen molar-refractivity contribution in [2.24, 2.45) is 0 Å². The second-order valence-electron chi connectivity index (χ2n) is 6.50. The fourth-order valence-corrected chi connectivity index (χ4v) is 3.44. The van der Waals surface area contributed by atoms with Crippen LogP contribution in [0.4, 0.5) is 5.82 Å². The monoisotopic (exact) mass is 365 g/mol. The first kappa shape index (κ1) is 17.8. The second-order valence-corrected chi connectivity index (χ2v) is 6.50. The zero-order chi connectivity index (χ0) is 18.5. The van der Waals surface area contributed by atoms with E-state index in [1.807, 2.05) is 36.5 Å². The Balaban J connectivity index is 1.62. The summed E-state index contributed by atoms with van der Waals surface area (Å²) in [6, 6.07) is 12.1. The minimum atomic E-state index is -0.186. The molecule has 7 heteroatoms. The van der Waals surface area contributed by atoms with E-state index < -0.39 is 0 Å². The lowest BCUT2D eigenvalue weighted by atomic mass is 10.1. The molecule has 1 saturated heterocycles. The van der Waals surface area contributed by atoms with Crippen LogP contribution in [0.15, 0.2) is 48.8 Å². The number of fused-ring (bicyclic) bond motifs is 1. The third-order valence-corrected chi connectivity index (χ3v) is 4.81. The van der Waals surface area contributed by atoms with Crippen LogP contribution < -0.4 is 5.32 Å². The van der Waals surface area contributed by atoms with Crippen molar-refractivity contribution in [2.45, 2.75) is 12.6 Å². The van der Waals surface area contributed by atoms with Gasteiger partial charge < -0.3 is 15.2 Å². The number of aliphatic hydroxyl groups excluding tert-OH is 1. The largest absolute Gasteiger partial charge is 0.388 e. The summed E-state index contributed by atoms with van der Waals surface area (Å²) in [6.07, 6.45) is 3.71. The predicted molar refractivity (Wildman–Crippen MR) is 103 cm³/mol. The SMILES string of the molecule is OCc1nc(NC[C@H](c2cccnc2)N2CCOCC2)c2ccccc2n1. The van der Waals surface area contributed by atoms with E-state index in [4.69, 9.17) is 4.74 Å². The molecule has 0 radical (unpaired) electrons. The Hall–Kier alpha value is -2.61. The average Bonchev–Trinajstić information content (AvgIpc) is 2.75. The number of aromatic nitrogens is 3. The minimum absolute atomic E-state index is 0.161. The van der Waals surface area contributed by atoms with E-state index in [0.29, 0.717) is 12.4 Å². The third kappa shape index (κ3) is 4.05. The topological polar surface area (TPSA) is 83.4 Å². The van der Waals surface area contributed by atoms with Crippen LogP contribution >= 0.6 is 0 Å². The van der Waals surface area contributed by atoms with Crippen LogP contribution in [0.25, 0.3) is 10.9 Å². The fourth-order valence-electron chi connectivity index (χ4n) is 3.44. The van der Waals surface area contributed by atoms with E-state index in [-0.39, 0.29) is 12.6 Å². The molecule has 1 fully saturated rings. The highest BCUT2D eigenvalue weighted by molar-refractivity contribution is 5.88. The minimum Gasteiger partial charge on any atom is -0.388 e. The number of anilines is 1. The van der Waals surface area contributed by atoms with E-state index in [1.165, 1.54) is 0 Å². The molecule has 1 aliphatic rings. The van der Waals surface area contributed by atoms with Gasteiger partial charge in [0.05, 0.1) is 24.8 Å². The number of aliphatic hydroxyl groups is 1. The number of nitrogens with zero attached hydrogens (tertiary/aromatic N) is 4. The third-order valence-electron chi connectivity index (χ3n) is 4.81. The summed E-state index contributed by atoms with van der Waals surface area (Å²) in [6.45, 7) is 3.73. The Morgan fingerprint density at radius 1 is 1.11 bits per heavy atom. The van der Waals surface area contributed by atoms with Gasteiger partial charge in [0, 0.05) is 37.4 Å². The summed E-state index contributed by atoms with van der Waals surface area (Å²) >= 11 is 0. The Kier molecular flexibility index (Phi) is 5.53. The van der Waals surface area contributed by atoms with Crippen LogP contribution in [0.1, 0.15) is 17.4 Å². The molecule has 140 valence electrons. The van der Waals surface area contributed by atoms with Crippen molar-refractivity contribution in [3.05, 3.63) is 60.2 Å². The molecule has 0 spiro atoms. The lowest BCUT2D eigenvalue weighted by Gasteiger charge is -2.34. The highest BCUT2D eigenvalue weighted by Gasteiger charge is 2.23. The zero-order valence-electron chi connectivity index (χ0n) is 15.1. The Labute approximate surface area is 158 Å². The van der Waals surface area contributed by atoms with Crippen LogP contribution in [0.2, 0.25) is 0 Å². The van der Waals surface area contributed by atoms with Gasteiger partial charge in [-0.2, -0.15) is 0 Å². The average molecular weight is 365 g/mol. The summed E-state index contributed by atoms with van der Waals surface area (Å²) < 4.78 is 5.51. The van der Waals surface area contributed by atoms with Crippen molar-refractivity contribution in [3.8, 4) is 0 Å². The summed E-state index contributed by atoms with van der Waals surface area (Å²) in [5, 5.41) is 13.9. The number of morpholine rings is 1. The molecular formula is C20H23N5O2. The first-order valence-electron chi connectivity index (χ1n) is 9.17. The number of para-hydroxylation sites is 1. The molecule has 4 rings (SSSR count). The molecule has 27 heavy (non-hydrogen) atoms. The lowest BCUT2D eigenvalue weighted by molar-refractivity contribution is 0.0186. The molecule has 3 aromatic rings. The summed E-state index contributed by atoms with van der Waals surface area (Å²) in [5.41, 5.74) is 1.98. The number of ether oxygens (including phenoxy) is 1. The van der Waals surface area contributed by atoms with Crippen molar-refractivity contribution >= 4 is 16.7 Å². The van der Waals surface area contributed by atoms with Gasteiger partial charge >= 0.3 is 0 Å². The van der Waals surface area contributed by atoms with Gasteiger partial charge in [-0.25, -0.2) is 9.97 Å². The maximum Gasteiger partial charge on any atom is 0.156 e. The molecule has 2 N–H and O–H groups in total. The fraction of sp³-hybridized carbons (Fsp3) is 0.350. The van der Waals surface area contributed by atoms with Crippen molar-refractivity contribution in [3.63, 3.8) is 0 Å². The summed E-state index contributed by atoms with van der Waals surface area (Å²) in [5.74, 6) is 1.16. The van der Waals surface area contributed by atoms with Crippen molar-refractivity contribution in [1.29, 1.82) is 0 Å². The molecule has 0 saturated carbocycles. The van der Waals surface area contributed by atoms with E-state index in [0.717, 1.165) is 48.6 Å². The number of benzene rings is 1. The highest BCUT2D eigenvalue weighted by Crippen LogP contribution is 2.24. The second kappa shape index (κ2) is 8.39. The summed E-state index contributed by atoms with van der Waals surface area (Å²) in [4.78, 5) is 15.6. The number of nitrogens with one attached hydrogen (secondary N) is 1. The number of hydrogen-bond acceptors (Lipinski definition) is 7. The summed E-state index contributed by atoms with van der Waals surface area (Å²) in [7, 11) is 0. The standard InChI is InChI=1S/C20H23N5O2/c26-14-19-23-17-6-2-1-5-16(17)20(24-19)22-13-18(15-4-3-7-21-12-15)25-8-10-27-11-9-25/h1-7,12,18,26H,8-11,13-14H2,(H,22,23,24)/t18-/m1/s1. The smallest absolute Gasteiger partial charge is 0.156 e. The molecule has 0 aliphatic carbocycles. The molecule has 0 amide bonds. The van der Waals surface area contributed by atoms with E-state index in [1.54, 1.807) is 6.20 Å². The molecule has 1 aromatic carbocycles. The maximum absolute atomic E-state index is 9.50. The number of hydrogen-bond donors (Lipinski definition) is 2. The van der Waals surface area contributed by atoms with Crippen LogP contribution in [-0.2, 0) is 11.3 Å². The molecular weight excluding hydrogens is 342 g/mol. The zero-order valence-corrected chi connectivity index (χ0v) is 15.1. The van der Waals surface area contributed by atoms with Crippen molar-refractivity contribution in [2.75, 3.05) is 38.2 Å². The Bertz CT molecular complexity index is 884. The molecule has 1 aliphatic heterocycles. The lowest BCUT2D eigenvalue weighted by Crippen LogP contribution is -2.41. The molecule has 7 nitrogen and oxygen atoms in total. The van der Waals surface area contributed by atoms with Crippen LogP contribution in [0.5, 0.6) is 0 Å². The van der Waals surface area contributed by atoms with Gasteiger partial charge in [-0.05, 0) is 23.8 Å². The van der Waals surface area contributed by atoms with Gasteiger partial charge in [0.2, 0.25) is 0 Å². The first-order valence-corrected chi connectivity index (χ1v) is 9.17. The van der Waals surface area contributed by atoms with Crippen LogP contribution in [0, 0.1) is 0 Å². The normalized spacial score (nSPS) is 16.3. The van der Waals surface area contributed by atoms with Gasteiger partial charge in [0.15, 0.2) is 5.82 Å². The number of pyridine rings is 1. The molecule has 3 heterocycles. The molecule has 0 unspecified atom stereocenters. The quantitative estimate of drug-likeness (QED) is 0.691. The Morgan fingerprint density at radius 3 is 2.74 bits per heavy atom. The van der Waals surface area contributed by atoms with E-state index >= 15 is 0 Å². The molecule has 1 atom stereocenters. The Morgan fingerprint density at radius 2 is 1.96 bits per heavy atom. The first-order chi connectivity index (χ1) is 13.3. The predicted octanol–water partition coefficient (Wildman–Crippen LogP) is 2.00. The van der Waals surface area contributed by atoms with Crippen molar-refractivity contribution in [1.82, 2.24) is 19.9 Å². The van der Waals surface area contributed by atoms with Gasteiger partial charge in [-0.1, -0.05) is 18.2 Å². The van der Waals surface area contributed by atoms with Crippen molar-refractivity contribution < 1.29 is 9.84 Å². The maximum atomic E-state index is 9.50. The van der Waals surface area contributed by atoms with Gasteiger partial charge in [-0.3, -0.25) is 9.88 Å².